The van der Waals surface area contributed by atoms with E-state index in [2.05, 4.69) is 41.3 Å². The highest BCUT2D eigenvalue weighted by Gasteiger charge is 2.12. The SMILES string of the molecule is COC(=O)c1cc(Br)c(=O)n(CCCCn2cc(C(=O)OC)cc(Br)c2=O)c1. The van der Waals surface area contributed by atoms with E-state index >= 15 is 0 Å². The number of carbonyl (C=O) groups is 2. The fraction of sp³-hybridized carbons (Fsp3) is 0.333. The van der Waals surface area contributed by atoms with Crippen molar-refractivity contribution in [3.63, 3.8) is 0 Å². The highest BCUT2D eigenvalue weighted by atomic mass is 79.9. The van der Waals surface area contributed by atoms with Crippen molar-refractivity contribution in [1.82, 2.24) is 9.13 Å². The zero-order valence-electron chi connectivity index (χ0n) is 15.2. The molecule has 0 unspecified atom stereocenters. The van der Waals surface area contributed by atoms with Gasteiger partial charge in [0, 0.05) is 25.5 Å². The van der Waals surface area contributed by atoms with Gasteiger partial charge in [-0.15, -0.1) is 0 Å². The van der Waals surface area contributed by atoms with Crippen LogP contribution in [0.25, 0.3) is 0 Å². The van der Waals surface area contributed by atoms with Gasteiger partial charge in [0.05, 0.1) is 34.3 Å². The molecule has 2 aromatic heterocycles. The second-order valence-corrected chi connectivity index (χ2v) is 7.55. The van der Waals surface area contributed by atoms with Gasteiger partial charge < -0.3 is 18.6 Å². The minimum Gasteiger partial charge on any atom is -0.465 e. The first-order chi connectivity index (χ1) is 13.3. The Hall–Kier alpha value is -2.20. The van der Waals surface area contributed by atoms with Gasteiger partial charge in [-0.2, -0.15) is 0 Å². The first-order valence-corrected chi connectivity index (χ1v) is 9.83. The van der Waals surface area contributed by atoms with Crippen LogP contribution in [0.15, 0.2) is 43.1 Å². The van der Waals surface area contributed by atoms with Gasteiger partial charge in [0.25, 0.3) is 11.1 Å². The molecule has 8 nitrogen and oxygen atoms in total. The lowest BCUT2D eigenvalue weighted by atomic mass is 10.2. The van der Waals surface area contributed by atoms with Crippen molar-refractivity contribution < 1.29 is 19.1 Å². The lowest BCUT2D eigenvalue weighted by Gasteiger charge is -2.11. The number of hydrogen-bond acceptors (Lipinski definition) is 6. The van der Waals surface area contributed by atoms with E-state index in [4.69, 9.17) is 0 Å². The van der Waals surface area contributed by atoms with Crippen molar-refractivity contribution in [3.05, 3.63) is 65.3 Å². The largest absolute Gasteiger partial charge is 0.465 e. The van der Waals surface area contributed by atoms with Gasteiger partial charge in [0.15, 0.2) is 0 Å². The standard InChI is InChI=1S/C18H18Br2N2O6/c1-27-17(25)11-7-13(19)15(23)21(9-11)5-3-4-6-22-10-12(18(26)28-2)8-14(20)16(22)24/h7-10H,3-6H2,1-2H3. The summed E-state index contributed by atoms with van der Waals surface area (Å²) in [4.78, 5) is 47.8. The smallest absolute Gasteiger partial charge is 0.339 e. The summed E-state index contributed by atoms with van der Waals surface area (Å²) < 4.78 is 12.7. The van der Waals surface area contributed by atoms with Crippen molar-refractivity contribution in [2.45, 2.75) is 25.9 Å². The Bertz CT molecular complexity index is 931. The van der Waals surface area contributed by atoms with E-state index < -0.39 is 11.9 Å². The van der Waals surface area contributed by atoms with Crippen LogP contribution in [0.4, 0.5) is 0 Å². The molecule has 0 saturated heterocycles. The average molecular weight is 518 g/mol. The predicted molar refractivity (Wildman–Crippen MR) is 109 cm³/mol. The molecule has 0 aliphatic heterocycles. The van der Waals surface area contributed by atoms with Gasteiger partial charge in [-0.05, 0) is 56.8 Å². The number of pyridine rings is 2. The number of esters is 2. The summed E-state index contributed by atoms with van der Waals surface area (Å²) in [5, 5.41) is 0. The van der Waals surface area contributed by atoms with Crippen molar-refractivity contribution >= 4 is 43.8 Å². The second-order valence-electron chi connectivity index (χ2n) is 5.84. The topological polar surface area (TPSA) is 96.6 Å². The quantitative estimate of drug-likeness (QED) is 0.413. The molecule has 10 heteroatoms. The van der Waals surface area contributed by atoms with E-state index in [1.165, 1.54) is 47.9 Å². The van der Waals surface area contributed by atoms with Crippen molar-refractivity contribution in [2.24, 2.45) is 0 Å². The number of aromatic nitrogens is 2. The maximum absolute atomic E-state index is 12.2. The van der Waals surface area contributed by atoms with E-state index in [1.54, 1.807) is 0 Å². The second kappa shape index (κ2) is 9.83. The summed E-state index contributed by atoms with van der Waals surface area (Å²) in [6.45, 7) is 0.712. The molecule has 0 aliphatic carbocycles. The summed E-state index contributed by atoms with van der Waals surface area (Å²) >= 11 is 6.30. The summed E-state index contributed by atoms with van der Waals surface area (Å²) in [7, 11) is 2.54. The number of methoxy groups -OCH3 is 2. The lowest BCUT2D eigenvalue weighted by molar-refractivity contribution is 0.0590. The Labute approximate surface area is 177 Å². The van der Waals surface area contributed by atoms with Crippen molar-refractivity contribution in [3.8, 4) is 0 Å². The van der Waals surface area contributed by atoms with Gasteiger partial charge in [0.1, 0.15) is 0 Å². The molecule has 0 amide bonds. The predicted octanol–water partition coefficient (Wildman–Crippen LogP) is 2.59. The Balaban J connectivity index is 2.09. The number of ether oxygens (including phenoxy) is 2. The third kappa shape index (κ3) is 5.20. The molecule has 0 N–H and O–H groups in total. The highest BCUT2D eigenvalue weighted by molar-refractivity contribution is 9.10. The average Bonchev–Trinajstić information content (AvgIpc) is 2.69. The molecular weight excluding hydrogens is 500 g/mol. The van der Waals surface area contributed by atoms with E-state index in [1.807, 2.05) is 0 Å². The van der Waals surface area contributed by atoms with Crippen LogP contribution in [-0.4, -0.2) is 35.3 Å². The molecule has 28 heavy (non-hydrogen) atoms. The van der Waals surface area contributed by atoms with Crippen LogP contribution >= 0.6 is 31.9 Å². The molecule has 0 radical (unpaired) electrons. The zero-order chi connectivity index (χ0) is 20.8. The number of hydrogen-bond donors (Lipinski definition) is 0. The maximum Gasteiger partial charge on any atom is 0.339 e. The van der Waals surface area contributed by atoms with Crippen LogP contribution in [-0.2, 0) is 22.6 Å². The Morgan fingerprint density at radius 3 is 1.50 bits per heavy atom. The Morgan fingerprint density at radius 2 is 1.18 bits per heavy atom. The monoisotopic (exact) mass is 516 g/mol. The minimum absolute atomic E-state index is 0.264. The molecule has 2 rings (SSSR count). The van der Waals surface area contributed by atoms with E-state index in [-0.39, 0.29) is 31.2 Å². The Morgan fingerprint density at radius 1 is 0.821 bits per heavy atom. The molecule has 0 fully saturated rings. The molecule has 2 heterocycles. The fourth-order valence-corrected chi connectivity index (χ4v) is 3.50. The molecule has 0 spiro atoms. The lowest BCUT2D eigenvalue weighted by Crippen LogP contribution is -2.24. The van der Waals surface area contributed by atoms with E-state index in [9.17, 15) is 19.2 Å². The van der Waals surface area contributed by atoms with Crippen LogP contribution in [0.1, 0.15) is 33.6 Å². The number of nitrogens with zero attached hydrogens (tertiary/aromatic N) is 2. The van der Waals surface area contributed by atoms with Gasteiger partial charge in [-0.25, -0.2) is 9.59 Å². The third-order valence-corrected chi connectivity index (χ3v) is 5.11. The fourth-order valence-electron chi connectivity index (χ4n) is 2.55. The molecule has 0 saturated carbocycles. The van der Waals surface area contributed by atoms with Gasteiger partial charge >= 0.3 is 11.9 Å². The van der Waals surface area contributed by atoms with Crippen LogP contribution in [0.2, 0.25) is 0 Å². The molecule has 0 atom stereocenters. The number of unbranched alkanes of at least 4 members (excludes halogenated alkanes) is 1. The normalized spacial score (nSPS) is 10.6. The van der Waals surface area contributed by atoms with Crippen LogP contribution in [0, 0.1) is 0 Å². The summed E-state index contributed by atoms with van der Waals surface area (Å²) in [5.41, 5.74) is 0.000291. The summed E-state index contributed by atoms with van der Waals surface area (Å²) in [6, 6.07) is 2.83. The molecular formula is C18H18Br2N2O6. The summed E-state index contributed by atoms with van der Waals surface area (Å²) in [5.74, 6) is -1.07. The zero-order valence-corrected chi connectivity index (χ0v) is 18.4. The number of halogens is 2. The van der Waals surface area contributed by atoms with Crippen LogP contribution in [0.5, 0.6) is 0 Å². The first-order valence-electron chi connectivity index (χ1n) is 8.25. The van der Waals surface area contributed by atoms with Gasteiger partial charge in [0.2, 0.25) is 0 Å². The van der Waals surface area contributed by atoms with E-state index in [0.717, 1.165) is 0 Å². The highest BCUT2D eigenvalue weighted by Crippen LogP contribution is 2.11. The third-order valence-electron chi connectivity index (χ3n) is 3.97. The van der Waals surface area contributed by atoms with Gasteiger partial charge in [-0.3, -0.25) is 9.59 Å². The van der Waals surface area contributed by atoms with Crippen molar-refractivity contribution in [2.75, 3.05) is 14.2 Å². The number of carbonyl (C=O) groups excluding carboxylic acids is 2. The maximum atomic E-state index is 12.2. The first kappa shape index (κ1) is 22.1. The van der Waals surface area contributed by atoms with Crippen molar-refractivity contribution in [1.29, 1.82) is 0 Å². The van der Waals surface area contributed by atoms with Gasteiger partial charge in [-0.1, -0.05) is 0 Å². The minimum atomic E-state index is -0.537. The Kier molecular flexibility index (Phi) is 7.76. The molecule has 0 bridgehead atoms. The van der Waals surface area contributed by atoms with Crippen LogP contribution < -0.4 is 11.1 Å². The molecule has 150 valence electrons. The van der Waals surface area contributed by atoms with Crippen LogP contribution in [0.3, 0.4) is 0 Å². The number of aryl methyl sites for hydroxylation is 2. The van der Waals surface area contributed by atoms with E-state index in [0.29, 0.717) is 25.9 Å². The number of rotatable bonds is 7. The summed E-state index contributed by atoms with van der Waals surface area (Å²) in [6.07, 6.45) is 4.03. The molecule has 0 aromatic carbocycles. The molecule has 2 aromatic rings. The molecule has 0 aliphatic rings.